The molecule has 1 aromatic carbocycles. The van der Waals surface area contributed by atoms with Gasteiger partial charge in [0.2, 0.25) is 5.95 Å². The number of benzene rings is 1. The van der Waals surface area contributed by atoms with Crippen molar-refractivity contribution in [3.63, 3.8) is 0 Å². The van der Waals surface area contributed by atoms with Gasteiger partial charge >= 0.3 is 0 Å². The molecule has 4 heterocycles. The van der Waals surface area contributed by atoms with Crippen LogP contribution in [0.25, 0.3) is 10.9 Å². The summed E-state index contributed by atoms with van der Waals surface area (Å²) >= 11 is 0. The minimum absolute atomic E-state index is 0.00487. The largest absolute Gasteiger partial charge is 0.382 e. The highest BCUT2D eigenvalue weighted by atomic mass is 19.1. The van der Waals surface area contributed by atoms with Gasteiger partial charge in [0, 0.05) is 76.4 Å². The van der Waals surface area contributed by atoms with E-state index in [1.54, 1.807) is 10.7 Å². The molecule has 1 fully saturated rings. The highest BCUT2D eigenvalue weighted by Gasteiger charge is 2.21. The fraction of sp³-hybridized carbons (Fsp3) is 0.320. The van der Waals surface area contributed by atoms with E-state index < -0.39 is 0 Å². The zero-order chi connectivity index (χ0) is 27.5. The van der Waals surface area contributed by atoms with Gasteiger partial charge < -0.3 is 27.1 Å². The molecule has 5 rings (SSSR count). The Bertz CT molecular complexity index is 1520. The van der Waals surface area contributed by atoms with Gasteiger partial charge in [0.25, 0.3) is 0 Å². The first-order valence-electron chi connectivity index (χ1n) is 12.5. The van der Waals surface area contributed by atoms with Crippen molar-refractivity contribution in [2.45, 2.75) is 6.92 Å². The maximum atomic E-state index is 14.9. The number of piperazine rings is 1. The lowest BCUT2D eigenvalue weighted by Gasteiger charge is -2.36. The molecule has 39 heavy (non-hydrogen) atoms. The Hall–Kier alpha value is -4.72. The lowest BCUT2D eigenvalue weighted by atomic mass is 10.1. The van der Waals surface area contributed by atoms with Gasteiger partial charge in [-0.2, -0.15) is 15.1 Å². The second-order valence-electron chi connectivity index (χ2n) is 9.18. The molecule has 0 aliphatic carbocycles. The number of halogens is 1. The number of nitrogens with one attached hydrogen (secondary N) is 2. The van der Waals surface area contributed by atoms with Crippen molar-refractivity contribution in [2.24, 2.45) is 17.8 Å². The normalized spacial score (nSPS) is 14.6. The molecule has 6 N–H and O–H groups in total. The number of aliphatic imine (C=N–C) groups is 1. The van der Waals surface area contributed by atoms with Crippen LogP contribution >= 0.6 is 0 Å². The lowest BCUT2D eigenvalue weighted by molar-refractivity contribution is 0.266. The van der Waals surface area contributed by atoms with Gasteiger partial charge in [-0.1, -0.05) is 0 Å². The third kappa shape index (κ3) is 5.45. The number of fused-ring (bicyclic) bond motifs is 1. The van der Waals surface area contributed by atoms with Crippen LogP contribution in [0.15, 0.2) is 35.7 Å². The van der Waals surface area contributed by atoms with Crippen LogP contribution in [0.2, 0.25) is 0 Å². The number of nitrogen functional groups attached to an aromatic ring is 1. The molecule has 1 aliphatic heterocycles. The zero-order valence-corrected chi connectivity index (χ0v) is 21.8. The Morgan fingerprint density at radius 2 is 2.00 bits per heavy atom. The molecule has 0 unspecified atom stereocenters. The Labute approximate surface area is 224 Å². The SMILES string of the molecule is Cc1nn(C)c2cc(F)c(N3CCN(CCNc4nc(N)nc(N=C(N)c5cnccn5)c4C=N)CC3)cc12. The Morgan fingerprint density at radius 1 is 1.21 bits per heavy atom. The maximum Gasteiger partial charge on any atom is 0.224 e. The molecule has 202 valence electrons. The van der Waals surface area contributed by atoms with Crippen molar-refractivity contribution >= 4 is 46.2 Å². The van der Waals surface area contributed by atoms with Gasteiger partial charge in [-0.25, -0.2) is 14.4 Å². The van der Waals surface area contributed by atoms with Crippen molar-refractivity contribution in [1.29, 1.82) is 5.41 Å². The predicted octanol–water partition coefficient (Wildman–Crippen LogP) is 1.45. The number of nitrogens with zero attached hydrogens (tertiary/aromatic N) is 9. The predicted molar refractivity (Wildman–Crippen MR) is 149 cm³/mol. The first-order chi connectivity index (χ1) is 18.8. The molecule has 3 aromatic heterocycles. The van der Waals surface area contributed by atoms with Crippen LogP contribution in [0.3, 0.4) is 0 Å². The fourth-order valence-corrected chi connectivity index (χ4v) is 4.66. The molecule has 0 spiro atoms. The number of nitrogens with two attached hydrogens (primary N) is 2. The standard InChI is InChI=1S/C25H30FN13/c1-15-16-11-21(18(26)12-20(16)37(2)36-15)39-9-7-38(8-10-39)6-5-32-23-17(13-27)24(35-25(29)34-23)33-22(28)19-14-30-3-4-31-19/h3-4,11-14,27H,5-10H2,1-2H3,(H5,28,29,32,33,34,35). The van der Waals surface area contributed by atoms with Crippen LogP contribution in [-0.4, -0.2) is 85.9 Å². The van der Waals surface area contributed by atoms with Crippen LogP contribution in [0.1, 0.15) is 17.0 Å². The second-order valence-corrected chi connectivity index (χ2v) is 9.18. The van der Waals surface area contributed by atoms with Crippen molar-refractivity contribution in [2.75, 3.05) is 55.2 Å². The number of hydrogen-bond donors (Lipinski definition) is 4. The number of rotatable bonds is 8. The number of anilines is 3. The molecule has 0 saturated carbocycles. The highest BCUT2D eigenvalue weighted by molar-refractivity contribution is 5.99. The summed E-state index contributed by atoms with van der Waals surface area (Å²) in [5, 5.41) is 16.5. The number of hydrogen-bond acceptors (Lipinski definition) is 11. The van der Waals surface area contributed by atoms with E-state index in [4.69, 9.17) is 16.9 Å². The molecule has 1 saturated heterocycles. The van der Waals surface area contributed by atoms with Crippen LogP contribution in [0.4, 0.5) is 27.7 Å². The zero-order valence-electron chi connectivity index (χ0n) is 21.8. The monoisotopic (exact) mass is 531 g/mol. The van der Waals surface area contributed by atoms with Gasteiger partial charge in [0.1, 0.15) is 17.3 Å². The molecular formula is C25H30FN13. The van der Waals surface area contributed by atoms with Crippen LogP contribution in [0, 0.1) is 18.2 Å². The fourth-order valence-electron chi connectivity index (χ4n) is 4.66. The van der Waals surface area contributed by atoms with E-state index >= 15 is 0 Å². The van der Waals surface area contributed by atoms with Crippen molar-refractivity contribution < 1.29 is 4.39 Å². The summed E-state index contributed by atoms with van der Waals surface area (Å²) in [4.78, 5) is 25.2. The highest BCUT2D eigenvalue weighted by Crippen LogP contribution is 2.28. The summed E-state index contributed by atoms with van der Waals surface area (Å²) in [7, 11) is 1.82. The maximum absolute atomic E-state index is 14.9. The molecule has 14 heteroatoms. The quantitative estimate of drug-likeness (QED) is 0.192. The summed E-state index contributed by atoms with van der Waals surface area (Å²) < 4.78 is 16.6. The summed E-state index contributed by atoms with van der Waals surface area (Å²) in [6.07, 6.45) is 5.63. The van der Waals surface area contributed by atoms with E-state index in [0.717, 1.165) is 42.4 Å². The Kier molecular flexibility index (Phi) is 7.27. The molecule has 4 aromatic rings. The van der Waals surface area contributed by atoms with E-state index in [0.29, 0.717) is 42.4 Å². The van der Waals surface area contributed by atoms with Crippen LogP contribution in [0.5, 0.6) is 0 Å². The van der Waals surface area contributed by atoms with Crippen LogP contribution in [-0.2, 0) is 7.05 Å². The van der Waals surface area contributed by atoms with Gasteiger partial charge in [-0.05, 0) is 13.0 Å². The molecule has 0 radical (unpaired) electrons. The number of aromatic nitrogens is 6. The van der Waals surface area contributed by atoms with Gasteiger partial charge in [-0.15, -0.1) is 0 Å². The smallest absolute Gasteiger partial charge is 0.224 e. The summed E-state index contributed by atoms with van der Waals surface area (Å²) in [5.74, 6) is 0.427. The van der Waals surface area contributed by atoms with E-state index in [2.05, 4.69) is 45.1 Å². The first kappa shape index (κ1) is 25.9. The second kappa shape index (κ2) is 10.9. The Balaban J connectivity index is 1.21. The minimum Gasteiger partial charge on any atom is -0.382 e. The molecule has 0 amide bonds. The Morgan fingerprint density at radius 3 is 2.72 bits per heavy atom. The average Bonchev–Trinajstić information content (AvgIpc) is 3.21. The molecule has 13 nitrogen and oxygen atoms in total. The first-order valence-corrected chi connectivity index (χ1v) is 12.5. The van der Waals surface area contributed by atoms with Crippen molar-refractivity contribution in [3.05, 3.63) is 53.5 Å². The molecule has 0 bridgehead atoms. The van der Waals surface area contributed by atoms with Gasteiger partial charge in [-0.3, -0.25) is 14.6 Å². The third-order valence-corrected chi connectivity index (χ3v) is 6.68. The van der Waals surface area contributed by atoms with E-state index in [1.165, 1.54) is 18.6 Å². The number of amidine groups is 1. The molecule has 0 atom stereocenters. The third-order valence-electron chi connectivity index (χ3n) is 6.68. The topological polar surface area (TPSA) is 176 Å². The van der Waals surface area contributed by atoms with Crippen LogP contribution < -0.4 is 21.7 Å². The lowest BCUT2D eigenvalue weighted by Crippen LogP contribution is -2.48. The van der Waals surface area contributed by atoms with E-state index in [1.807, 2.05) is 20.0 Å². The summed E-state index contributed by atoms with van der Waals surface area (Å²) in [6, 6.07) is 3.47. The molecule has 1 aliphatic rings. The van der Waals surface area contributed by atoms with Gasteiger partial charge in [0.05, 0.1) is 28.7 Å². The average molecular weight is 532 g/mol. The number of aryl methyl sites for hydroxylation is 2. The molecular weight excluding hydrogens is 501 g/mol. The van der Waals surface area contributed by atoms with E-state index in [9.17, 15) is 4.39 Å². The summed E-state index contributed by atoms with van der Waals surface area (Å²) in [6.45, 7) is 6.17. The van der Waals surface area contributed by atoms with Crippen molar-refractivity contribution in [1.82, 2.24) is 34.6 Å². The van der Waals surface area contributed by atoms with Gasteiger partial charge in [0.15, 0.2) is 11.7 Å². The van der Waals surface area contributed by atoms with E-state index in [-0.39, 0.29) is 23.4 Å². The summed E-state index contributed by atoms with van der Waals surface area (Å²) in [5.41, 5.74) is 15.0. The van der Waals surface area contributed by atoms with Crippen molar-refractivity contribution in [3.8, 4) is 0 Å². The minimum atomic E-state index is -0.237.